The highest BCUT2D eigenvalue weighted by molar-refractivity contribution is 9.10. The monoisotopic (exact) mass is 335 g/mol. The number of nitrogens with one attached hydrogen (secondary N) is 1. The molecule has 0 unspecified atom stereocenters. The van der Waals surface area contributed by atoms with Crippen LogP contribution in [0.25, 0.3) is 0 Å². The highest BCUT2D eigenvalue weighted by atomic mass is 79.9. The smallest absolute Gasteiger partial charge is 0.214 e. The third kappa shape index (κ3) is 5.06. The van der Waals surface area contributed by atoms with Gasteiger partial charge in [-0.05, 0) is 31.5 Å². The van der Waals surface area contributed by atoms with E-state index >= 15 is 0 Å². The Labute approximate surface area is 117 Å². The Morgan fingerprint density at radius 2 is 2.06 bits per heavy atom. The van der Waals surface area contributed by atoms with E-state index in [1.54, 1.807) is 6.92 Å². The topological polar surface area (TPSA) is 55.4 Å². The molecule has 0 aromatic heterocycles. The third-order valence-corrected chi connectivity index (χ3v) is 4.68. The molecule has 0 saturated carbocycles. The lowest BCUT2D eigenvalue weighted by molar-refractivity contribution is 0.136. The van der Waals surface area contributed by atoms with Crippen molar-refractivity contribution in [2.24, 2.45) is 0 Å². The number of hydrogen-bond acceptors (Lipinski definition) is 3. The first-order chi connectivity index (χ1) is 8.34. The molecule has 0 aliphatic heterocycles. The molecule has 6 heteroatoms. The van der Waals surface area contributed by atoms with Crippen LogP contribution in [-0.4, -0.2) is 27.4 Å². The van der Waals surface area contributed by atoms with Gasteiger partial charge in [0.1, 0.15) is 0 Å². The predicted octanol–water partition coefficient (Wildman–Crippen LogP) is 2.46. The molecule has 4 nitrogen and oxygen atoms in total. The normalized spacial score (nSPS) is 15.3. The van der Waals surface area contributed by atoms with Crippen LogP contribution in [0.2, 0.25) is 0 Å². The van der Waals surface area contributed by atoms with Gasteiger partial charge in [-0.15, -0.1) is 0 Å². The highest BCUT2D eigenvalue weighted by Gasteiger charge is 2.18. The molecule has 0 aliphatic carbocycles. The van der Waals surface area contributed by atoms with E-state index in [1.807, 2.05) is 31.2 Å². The van der Waals surface area contributed by atoms with Gasteiger partial charge >= 0.3 is 0 Å². The van der Waals surface area contributed by atoms with Crippen LogP contribution in [-0.2, 0) is 14.8 Å². The summed E-state index contributed by atoms with van der Waals surface area (Å²) >= 11 is 3.36. The van der Waals surface area contributed by atoms with Crippen LogP contribution < -0.4 is 4.72 Å². The molecule has 102 valence electrons. The fourth-order valence-corrected chi connectivity index (χ4v) is 3.48. The van der Waals surface area contributed by atoms with Crippen molar-refractivity contribution in [1.29, 1.82) is 0 Å². The first-order valence-electron chi connectivity index (χ1n) is 5.62. The van der Waals surface area contributed by atoms with E-state index in [0.29, 0.717) is 0 Å². The summed E-state index contributed by atoms with van der Waals surface area (Å²) in [6.07, 6.45) is -0.322. The average molecular weight is 336 g/mol. The van der Waals surface area contributed by atoms with E-state index in [0.717, 1.165) is 10.0 Å². The molecular formula is C12H18BrNO3S. The van der Waals surface area contributed by atoms with Gasteiger partial charge in [0.2, 0.25) is 10.0 Å². The summed E-state index contributed by atoms with van der Waals surface area (Å²) in [5, 5.41) is 0. The third-order valence-electron chi connectivity index (χ3n) is 2.56. The maximum absolute atomic E-state index is 11.9. The van der Waals surface area contributed by atoms with Crippen LogP contribution in [0.3, 0.4) is 0 Å². The second-order valence-corrected chi connectivity index (χ2v) is 6.94. The van der Waals surface area contributed by atoms with Gasteiger partial charge in [-0.25, -0.2) is 13.1 Å². The molecule has 0 bridgehead atoms. The van der Waals surface area contributed by atoms with Crippen molar-refractivity contribution >= 4 is 26.0 Å². The zero-order chi connectivity index (χ0) is 13.8. The summed E-state index contributed by atoms with van der Waals surface area (Å²) in [6.45, 7) is 3.54. The van der Waals surface area contributed by atoms with Crippen molar-refractivity contribution in [3.05, 3.63) is 34.3 Å². The first kappa shape index (κ1) is 15.6. The maximum Gasteiger partial charge on any atom is 0.214 e. The highest BCUT2D eigenvalue weighted by Crippen LogP contribution is 2.18. The van der Waals surface area contributed by atoms with Crippen molar-refractivity contribution in [3.63, 3.8) is 0 Å². The van der Waals surface area contributed by atoms with Gasteiger partial charge in [0.25, 0.3) is 0 Å². The molecule has 1 N–H and O–H groups in total. The average Bonchev–Trinajstić information content (AvgIpc) is 2.27. The van der Waals surface area contributed by atoms with Gasteiger partial charge < -0.3 is 4.74 Å². The van der Waals surface area contributed by atoms with Crippen LogP contribution in [0.4, 0.5) is 0 Å². The van der Waals surface area contributed by atoms with E-state index in [2.05, 4.69) is 20.7 Å². The molecule has 1 aromatic rings. The van der Waals surface area contributed by atoms with Crippen LogP contribution in [0.5, 0.6) is 0 Å². The minimum absolute atomic E-state index is 0.0398. The lowest BCUT2D eigenvalue weighted by atomic mass is 10.1. The number of sulfonamides is 1. The zero-order valence-electron chi connectivity index (χ0n) is 10.7. The van der Waals surface area contributed by atoms with Gasteiger partial charge in [-0.2, -0.15) is 0 Å². The molecular weight excluding hydrogens is 318 g/mol. The molecule has 0 fully saturated rings. The molecule has 0 saturated heterocycles. The van der Waals surface area contributed by atoms with Crippen LogP contribution in [0.15, 0.2) is 28.7 Å². The lowest BCUT2D eigenvalue weighted by Crippen LogP contribution is -2.33. The fourth-order valence-electron chi connectivity index (χ4n) is 1.54. The summed E-state index contributed by atoms with van der Waals surface area (Å²) in [6, 6.07) is 7.29. The largest absolute Gasteiger partial charge is 0.381 e. The van der Waals surface area contributed by atoms with E-state index < -0.39 is 10.0 Å². The van der Waals surface area contributed by atoms with Gasteiger partial charge in [0.15, 0.2) is 0 Å². The summed E-state index contributed by atoms with van der Waals surface area (Å²) < 4.78 is 32.3. The van der Waals surface area contributed by atoms with Crippen molar-refractivity contribution < 1.29 is 13.2 Å². The number of methoxy groups -OCH3 is 1. The molecule has 1 rings (SSSR count). The molecule has 0 radical (unpaired) electrons. The lowest BCUT2D eigenvalue weighted by Gasteiger charge is -2.16. The first-order valence-corrected chi connectivity index (χ1v) is 8.07. The molecule has 1 aromatic carbocycles. The maximum atomic E-state index is 11.9. The van der Waals surface area contributed by atoms with Gasteiger partial charge in [-0.1, -0.05) is 28.1 Å². The summed E-state index contributed by atoms with van der Waals surface area (Å²) in [4.78, 5) is 0. The van der Waals surface area contributed by atoms with Crippen LogP contribution in [0, 0.1) is 0 Å². The van der Waals surface area contributed by atoms with Crippen LogP contribution >= 0.6 is 15.9 Å². The van der Waals surface area contributed by atoms with E-state index in [9.17, 15) is 8.42 Å². The van der Waals surface area contributed by atoms with E-state index in [1.165, 1.54) is 7.11 Å². The van der Waals surface area contributed by atoms with E-state index in [4.69, 9.17) is 4.74 Å². The second-order valence-electron chi connectivity index (χ2n) is 4.22. The number of benzene rings is 1. The number of rotatable bonds is 6. The Morgan fingerprint density at radius 3 is 2.61 bits per heavy atom. The fraction of sp³-hybridized carbons (Fsp3) is 0.500. The van der Waals surface area contributed by atoms with Gasteiger partial charge in [-0.3, -0.25) is 0 Å². The minimum Gasteiger partial charge on any atom is -0.381 e. The van der Waals surface area contributed by atoms with Gasteiger partial charge in [0.05, 0.1) is 11.9 Å². The number of ether oxygens (including phenoxy) is 1. The second kappa shape index (κ2) is 6.65. The van der Waals surface area contributed by atoms with Crippen molar-refractivity contribution in [1.82, 2.24) is 4.72 Å². The molecule has 0 aliphatic rings. The Bertz CT molecular complexity index is 490. The Hall–Kier alpha value is -0.430. The standard InChI is InChI=1S/C12H18BrNO3S/c1-9(17-3)8-18(15,16)14-10(2)11-5-4-6-12(13)7-11/h4-7,9-10,14H,8H2,1-3H3/t9-,10+/m1/s1. The molecule has 0 amide bonds. The quantitative estimate of drug-likeness (QED) is 0.868. The Balaban J connectivity index is 2.72. The summed E-state index contributed by atoms with van der Waals surface area (Å²) in [7, 11) is -1.85. The molecule has 2 atom stereocenters. The summed E-state index contributed by atoms with van der Waals surface area (Å²) in [5.74, 6) is -0.0398. The number of hydrogen-bond donors (Lipinski definition) is 1. The summed E-state index contributed by atoms with van der Waals surface area (Å²) in [5.41, 5.74) is 0.915. The van der Waals surface area contributed by atoms with Gasteiger partial charge in [0, 0.05) is 17.6 Å². The number of halogens is 1. The molecule has 0 spiro atoms. The molecule has 0 heterocycles. The Kier molecular flexibility index (Phi) is 5.78. The SMILES string of the molecule is CO[C@H](C)CS(=O)(=O)N[C@@H](C)c1cccc(Br)c1. The van der Waals surface area contributed by atoms with E-state index in [-0.39, 0.29) is 17.9 Å². The minimum atomic E-state index is -3.34. The Morgan fingerprint density at radius 1 is 1.39 bits per heavy atom. The van der Waals surface area contributed by atoms with Crippen molar-refractivity contribution in [2.75, 3.05) is 12.9 Å². The van der Waals surface area contributed by atoms with Crippen molar-refractivity contribution in [2.45, 2.75) is 26.0 Å². The van der Waals surface area contributed by atoms with Crippen molar-refractivity contribution in [3.8, 4) is 0 Å². The van der Waals surface area contributed by atoms with Crippen LogP contribution in [0.1, 0.15) is 25.5 Å². The zero-order valence-corrected chi connectivity index (χ0v) is 13.1. The molecule has 18 heavy (non-hydrogen) atoms. The predicted molar refractivity (Wildman–Crippen MR) is 76.0 cm³/mol.